The van der Waals surface area contributed by atoms with E-state index in [1.54, 1.807) is 0 Å². The lowest BCUT2D eigenvalue weighted by atomic mass is 10.2. The first-order chi connectivity index (χ1) is 6.77. The highest BCUT2D eigenvalue weighted by Crippen LogP contribution is 2.17. The highest BCUT2D eigenvalue weighted by atomic mass is 15.1. The lowest BCUT2D eigenvalue weighted by Crippen LogP contribution is -2.19. The van der Waals surface area contributed by atoms with Crippen LogP contribution in [-0.4, -0.2) is 18.1 Å². The highest BCUT2D eigenvalue weighted by molar-refractivity contribution is 5.47. The molecule has 1 aromatic heterocycles. The second-order valence-electron chi connectivity index (χ2n) is 3.61. The molecule has 0 aromatic carbocycles. The van der Waals surface area contributed by atoms with Crippen molar-refractivity contribution in [3.05, 3.63) is 36.2 Å². The van der Waals surface area contributed by atoms with Gasteiger partial charge in [0, 0.05) is 19.1 Å². The Morgan fingerprint density at radius 2 is 2.07 bits per heavy atom. The van der Waals surface area contributed by atoms with Crippen LogP contribution >= 0.6 is 0 Å². The van der Waals surface area contributed by atoms with Crippen molar-refractivity contribution in [3.63, 3.8) is 0 Å². The molecule has 2 N–H and O–H groups in total. The van der Waals surface area contributed by atoms with E-state index < -0.39 is 0 Å². The first-order valence-corrected chi connectivity index (χ1v) is 4.89. The van der Waals surface area contributed by atoms with Crippen LogP contribution in [0, 0.1) is 0 Å². The van der Waals surface area contributed by atoms with Gasteiger partial charge < -0.3 is 10.6 Å². The van der Waals surface area contributed by atoms with Gasteiger partial charge in [0.2, 0.25) is 0 Å². The summed E-state index contributed by atoms with van der Waals surface area (Å²) in [6.07, 6.45) is 6.23. The molecular weight excluding hydrogens is 174 g/mol. The zero-order chi connectivity index (χ0) is 9.97. The SMILES string of the molecule is CC(N)c1ccc(N2CC=CC2)cn1. The zero-order valence-electron chi connectivity index (χ0n) is 8.35. The minimum atomic E-state index is 0.0146. The standard InChI is InChI=1S/C11H15N3/c1-9(12)11-5-4-10(8-13-11)14-6-2-3-7-14/h2-5,8-9H,6-7,12H2,1H3. The molecule has 0 radical (unpaired) electrons. The van der Waals surface area contributed by atoms with E-state index in [1.807, 2.05) is 19.2 Å². The Bertz CT molecular complexity index is 319. The minimum absolute atomic E-state index is 0.0146. The maximum absolute atomic E-state index is 5.73. The Hall–Kier alpha value is -1.35. The van der Waals surface area contributed by atoms with E-state index in [4.69, 9.17) is 5.73 Å². The van der Waals surface area contributed by atoms with Crippen LogP contribution < -0.4 is 10.6 Å². The van der Waals surface area contributed by atoms with Gasteiger partial charge in [-0.1, -0.05) is 12.2 Å². The van der Waals surface area contributed by atoms with Gasteiger partial charge in [0.1, 0.15) is 0 Å². The smallest absolute Gasteiger partial charge is 0.0569 e. The number of pyridine rings is 1. The average Bonchev–Trinajstić information content (AvgIpc) is 2.71. The van der Waals surface area contributed by atoms with Crippen LogP contribution in [-0.2, 0) is 0 Å². The van der Waals surface area contributed by atoms with Crippen molar-refractivity contribution in [2.24, 2.45) is 5.73 Å². The Labute approximate surface area is 84.2 Å². The summed E-state index contributed by atoms with van der Waals surface area (Å²) >= 11 is 0. The normalized spacial score (nSPS) is 17.4. The van der Waals surface area contributed by atoms with E-state index in [0.717, 1.165) is 18.8 Å². The van der Waals surface area contributed by atoms with E-state index in [0.29, 0.717) is 0 Å². The van der Waals surface area contributed by atoms with Gasteiger partial charge >= 0.3 is 0 Å². The molecule has 1 atom stereocenters. The van der Waals surface area contributed by atoms with E-state index in [2.05, 4.69) is 28.1 Å². The Balaban J connectivity index is 2.13. The van der Waals surface area contributed by atoms with Crippen LogP contribution in [0.2, 0.25) is 0 Å². The topological polar surface area (TPSA) is 42.1 Å². The maximum Gasteiger partial charge on any atom is 0.0569 e. The van der Waals surface area contributed by atoms with Crippen LogP contribution in [0.5, 0.6) is 0 Å². The number of hydrogen-bond donors (Lipinski definition) is 1. The molecular formula is C11H15N3. The molecule has 3 nitrogen and oxygen atoms in total. The molecule has 14 heavy (non-hydrogen) atoms. The van der Waals surface area contributed by atoms with Crippen molar-refractivity contribution in [2.45, 2.75) is 13.0 Å². The molecule has 1 aliphatic rings. The summed E-state index contributed by atoms with van der Waals surface area (Å²) in [6, 6.07) is 4.09. The fourth-order valence-corrected chi connectivity index (χ4v) is 1.54. The van der Waals surface area contributed by atoms with Crippen LogP contribution in [0.3, 0.4) is 0 Å². The lowest BCUT2D eigenvalue weighted by Gasteiger charge is -2.17. The predicted octanol–water partition coefficient (Wildman–Crippen LogP) is 1.48. The van der Waals surface area contributed by atoms with Crippen LogP contribution in [0.25, 0.3) is 0 Å². The number of nitrogens with two attached hydrogens (primary N) is 1. The molecule has 0 fully saturated rings. The molecule has 2 rings (SSSR count). The van der Waals surface area contributed by atoms with Gasteiger partial charge in [-0.3, -0.25) is 4.98 Å². The number of nitrogens with zero attached hydrogens (tertiary/aromatic N) is 2. The van der Waals surface area contributed by atoms with Gasteiger partial charge in [0.05, 0.1) is 17.6 Å². The van der Waals surface area contributed by atoms with Gasteiger partial charge in [-0.2, -0.15) is 0 Å². The monoisotopic (exact) mass is 189 g/mol. The number of rotatable bonds is 2. The first-order valence-electron chi connectivity index (χ1n) is 4.89. The van der Waals surface area contributed by atoms with Crippen molar-refractivity contribution >= 4 is 5.69 Å². The van der Waals surface area contributed by atoms with Crippen molar-refractivity contribution in [3.8, 4) is 0 Å². The van der Waals surface area contributed by atoms with Gasteiger partial charge in [-0.25, -0.2) is 0 Å². The largest absolute Gasteiger partial charge is 0.363 e. The molecule has 1 aliphatic heterocycles. The second-order valence-corrected chi connectivity index (χ2v) is 3.61. The molecule has 1 aromatic rings. The van der Waals surface area contributed by atoms with Crippen LogP contribution in [0.1, 0.15) is 18.7 Å². The van der Waals surface area contributed by atoms with E-state index in [9.17, 15) is 0 Å². The predicted molar refractivity (Wildman–Crippen MR) is 58.2 cm³/mol. The Morgan fingerprint density at radius 3 is 2.57 bits per heavy atom. The molecule has 0 bridgehead atoms. The molecule has 0 spiro atoms. The quantitative estimate of drug-likeness (QED) is 0.716. The molecule has 0 saturated heterocycles. The number of anilines is 1. The third-order valence-corrected chi connectivity index (χ3v) is 2.42. The average molecular weight is 189 g/mol. The third-order valence-electron chi connectivity index (χ3n) is 2.42. The minimum Gasteiger partial charge on any atom is -0.363 e. The third kappa shape index (κ3) is 1.77. The molecule has 0 amide bonds. The van der Waals surface area contributed by atoms with E-state index in [-0.39, 0.29) is 6.04 Å². The maximum atomic E-state index is 5.73. The molecule has 2 heterocycles. The molecule has 0 aliphatic carbocycles. The molecule has 74 valence electrons. The van der Waals surface area contributed by atoms with Crippen LogP contribution in [0.4, 0.5) is 5.69 Å². The molecule has 1 unspecified atom stereocenters. The fraction of sp³-hybridized carbons (Fsp3) is 0.364. The summed E-state index contributed by atoms with van der Waals surface area (Å²) in [7, 11) is 0. The summed E-state index contributed by atoms with van der Waals surface area (Å²) in [5.74, 6) is 0. The number of aromatic nitrogens is 1. The zero-order valence-corrected chi connectivity index (χ0v) is 8.35. The molecule has 3 heteroatoms. The molecule has 0 saturated carbocycles. The highest BCUT2D eigenvalue weighted by Gasteiger charge is 2.08. The lowest BCUT2D eigenvalue weighted by molar-refractivity contribution is 0.780. The summed E-state index contributed by atoms with van der Waals surface area (Å²) in [4.78, 5) is 6.59. The van der Waals surface area contributed by atoms with Crippen molar-refractivity contribution in [2.75, 3.05) is 18.0 Å². The van der Waals surface area contributed by atoms with Crippen molar-refractivity contribution in [1.82, 2.24) is 4.98 Å². The fourth-order valence-electron chi connectivity index (χ4n) is 1.54. The Kier molecular flexibility index (Phi) is 2.50. The summed E-state index contributed by atoms with van der Waals surface area (Å²) in [5, 5.41) is 0. The Morgan fingerprint density at radius 1 is 1.36 bits per heavy atom. The summed E-state index contributed by atoms with van der Waals surface area (Å²) in [5.41, 5.74) is 7.84. The van der Waals surface area contributed by atoms with Crippen molar-refractivity contribution < 1.29 is 0 Å². The van der Waals surface area contributed by atoms with Crippen LogP contribution in [0.15, 0.2) is 30.5 Å². The van der Waals surface area contributed by atoms with E-state index >= 15 is 0 Å². The van der Waals surface area contributed by atoms with Gasteiger partial charge in [0.15, 0.2) is 0 Å². The van der Waals surface area contributed by atoms with E-state index in [1.165, 1.54) is 5.69 Å². The summed E-state index contributed by atoms with van der Waals surface area (Å²) < 4.78 is 0. The second kappa shape index (κ2) is 3.80. The van der Waals surface area contributed by atoms with Crippen molar-refractivity contribution in [1.29, 1.82) is 0 Å². The van der Waals surface area contributed by atoms with Gasteiger partial charge in [-0.05, 0) is 19.1 Å². The first kappa shape index (κ1) is 9.21. The number of hydrogen-bond acceptors (Lipinski definition) is 3. The van der Waals surface area contributed by atoms with Gasteiger partial charge in [0.25, 0.3) is 0 Å². The summed E-state index contributed by atoms with van der Waals surface area (Å²) in [6.45, 7) is 3.91. The van der Waals surface area contributed by atoms with Gasteiger partial charge in [-0.15, -0.1) is 0 Å².